The minimum Gasteiger partial charge on any atom is -0.494 e. The Hall–Kier alpha value is -1.82. The van der Waals surface area contributed by atoms with Gasteiger partial charge in [-0.1, -0.05) is 0 Å². The highest BCUT2D eigenvalue weighted by Gasteiger charge is 2.33. The van der Waals surface area contributed by atoms with E-state index in [0.717, 1.165) is 18.5 Å². The lowest BCUT2D eigenvalue weighted by Crippen LogP contribution is -2.43. The number of hydrogen-bond acceptors (Lipinski definition) is 5. The van der Waals surface area contributed by atoms with Gasteiger partial charge in [-0.25, -0.2) is 0 Å². The molecule has 0 aliphatic carbocycles. The largest absolute Gasteiger partial charge is 0.494 e. The van der Waals surface area contributed by atoms with E-state index in [1.165, 1.54) is 18.9 Å². The Morgan fingerprint density at radius 3 is 2.67 bits per heavy atom. The molecule has 2 fully saturated rings. The summed E-state index contributed by atoms with van der Waals surface area (Å²) in [5, 5.41) is 18.1. The van der Waals surface area contributed by atoms with E-state index < -0.39 is 0 Å². The summed E-state index contributed by atoms with van der Waals surface area (Å²) in [5.74, 6) is 0.547. The minimum atomic E-state index is -0.375. The highest BCUT2D eigenvalue weighted by atomic mass is 16.6. The van der Waals surface area contributed by atoms with Gasteiger partial charge < -0.3 is 15.4 Å². The molecule has 2 heterocycles. The van der Waals surface area contributed by atoms with E-state index in [1.54, 1.807) is 6.07 Å². The molecule has 2 atom stereocenters. The number of nitro benzene ring substituents is 1. The second-order valence-corrected chi connectivity index (χ2v) is 5.86. The number of benzene rings is 1. The Bertz CT molecular complexity index is 523. The first-order valence-corrected chi connectivity index (χ1v) is 7.59. The van der Waals surface area contributed by atoms with Crippen molar-refractivity contribution in [2.24, 2.45) is 0 Å². The molecule has 2 bridgehead atoms. The van der Waals surface area contributed by atoms with Crippen molar-refractivity contribution < 1.29 is 9.66 Å². The van der Waals surface area contributed by atoms with E-state index in [0.29, 0.717) is 30.5 Å². The summed E-state index contributed by atoms with van der Waals surface area (Å²) >= 11 is 0. The smallest absolute Gasteiger partial charge is 0.275 e. The lowest BCUT2D eigenvalue weighted by Gasteiger charge is -2.30. The lowest BCUT2D eigenvalue weighted by molar-refractivity contribution is -0.384. The molecule has 2 aliphatic heterocycles. The SMILES string of the molecule is CCOc1cc(NC2CC3CCC(C2)N3)cc([N+](=O)[O-])c1. The topological polar surface area (TPSA) is 76.4 Å². The molecule has 2 saturated heterocycles. The van der Waals surface area contributed by atoms with Crippen molar-refractivity contribution in [2.75, 3.05) is 11.9 Å². The number of anilines is 1. The predicted octanol–water partition coefficient (Wildman–Crippen LogP) is 2.69. The fourth-order valence-corrected chi connectivity index (χ4v) is 3.43. The molecular weight excluding hydrogens is 270 g/mol. The van der Waals surface area contributed by atoms with Crippen LogP contribution in [0.15, 0.2) is 18.2 Å². The number of nitro groups is 1. The number of nitrogens with one attached hydrogen (secondary N) is 2. The van der Waals surface area contributed by atoms with Crippen LogP contribution in [0.1, 0.15) is 32.6 Å². The minimum absolute atomic E-state index is 0.0698. The molecule has 0 spiro atoms. The summed E-state index contributed by atoms with van der Waals surface area (Å²) < 4.78 is 5.42. The second-order valence-electron chi connectivity index (χ2n) is 5.86. The van der Waals surface area contributed by atoms with E-state index >= 15 is 0 Å². The van der Waals surface area contributed by atoms with Gasteiger partial charge in [0.05, 0.1) is 17.6 Å². The molecule has 0 radical (unpaired) electrons. The third kappa shape index (κ3) is 3.26. The van der Waals surface area contributed by atoms with Gasteiger partial charge in [-0.2, -0.15) is 0 Å². The summed E-state index contributed by atoms with van der Waals surface area (Å²) in [7, 11) is 0. The molecule has 0 aromatic heterocycles. The zero-order chi connectivity index (χ0) is 14.8. The highest BCUT2D eigenvalue weighted by Crippen LogP contribution is 2.31. The highest BCUT2D eigenvalue weighted by molar-refractivity contribution is 5.57. The van der Waals surface area contributed by atoms with E-state index in [-0.39, 0.29) is 10.6 Å². The second kappa shape index (κ2) is 5.89. The van der Waals surface area contributed by atoms with Crippen LogP contribution >= 0.6 is 0 Å². The molecule has 3 rings (SSSR count). The molecule has 0 saturated carbocycles. The molecule has 2 aliphatic rings. The van der Waals surface area contributed by atoms with E-state index in [1.807, 2.05) is 13.0 Å². The van der Waals surface area contributed by atoms with Crippen LogP contribution in [0.25, 0.3) is 0 Å². The van der Waals surface area contributed by atoms with Crippen molar-refractivity contribution in [3.8, 4) is 5.75 Å². The summed E-state index contributed by atoms with van der Waals surface area (Å²) in [6.07, 6.45) is 4.62. The lowest BCUT2D eigenvalue weighted by atomic mass is 9.99. The Balaban J connectivity index is 1.76. The zero-order valence-corrected chi connectivity index (χ0v) is 12.2. The maximum Gasteiger partial charge on any atom is 0.275 e. The molecule has 21 heavy (non-hydrogen) atoms. The fourth-order valence-electron chi connectivity index (χ4n) is 3.43. The Morgan fingerprint density at radius 1 is 1.33 bits per heavy atom. The van der Waals surface area contributed by atoms with Crippen LogP contribution in [0.5, 0.6) is 5.75 Å². The summed E-state index contributed by atoms with van der Waals surface area (Å²) in [6.45, 7) is 2.37. The quantitative estimate of drug-likeness (QED) is 0.644. The standard InChI is InChI=1S/C15H21N3O3/c1-2-21-15-8-13(7-14(9-15)18(19)20)17-12-5-10-3-4-11(6-12)16-10/h7-12,16-17H,2-6H2,1H3. The number of fused-ring (bicyclic) bond motifs is 2. The first kappa shape index (κ1) is 14.1. The third-order valence-electron chi connectivity index (χ3n) is 4.26. The van der Waals surface area contributed by atoms with Gasteiger partial charge in [-0.3, -0.25) is 10.1 Å². The van der Waals surface area contributed by atoms with E-state index in [4.69, 9.17) is 4.74 Å². The van der Waals surface area contributed by atoms with Crippen molar-refractivity contribution in [1.29, 1.82) is 0 Å². The molecule has 6 heteroatoms. The number of non-ortho nitro benzene ring substituents is 1. The van der Waals surface area contributed by atoms with Crippen molar-refractivity contribution in [3.05, 3.63) is 28.3 Å². The molecule has 114 valence electrons. The van der Waals surface area contributed by atoms with Crippen molar-refractivity contribution in [1.82, 2.24) is 5.32 Å². The predicted molar refractivity (Wildman–Crippen MR) is 80.9 cm³/mol. The average molecular weight is 291 g/mol. The number of rotatable bonds is 5. The average Bonchev–Trinajstić information content (AvgIpc) is 2.78. The van der Waals surface area contributed by atoms with Crippen LogP contribution in [0, 0.1) is 10.1 Å². The molecule has 2 N–H and O–H groups in total. The van der Waals surface area contributed by atoms with Gasteiger partial charge in [0.15, 0.2) is 0 Å². The maximum absolute atomic E-state index is 11.0. The van der Waals surface area contributed by atoms with Gasteiger partial charge in [0, 0.05) is 35.9 Å². The summed E-state index contributed by atoms with van der Waals surface area (Å²) in [4.78, 5) is 10.7. The Labute approximate surface area is 124 Å². The third-order valence-corrected chi connectivity index (χ3v) is 4.26. The van der Waals surface area contributed by atoms with Crippen molar-refractivity contribution in [3.63, 3.8) is 0 Å². The van der Waals surface area contributed by atoms with Crippen LogP contribution in [-0.2, 0) is 0 Å². The summed E-state index contributed by atoms with van der Waals surface area (Å²) in [5.41, 5.74) is 0.847. The van der Waals surface area contributed by atoms with Gasteiger partial charge >= 0.3 is 0 Å². The van der Waals surface area contributed by atoms with Crippen LogP contribution in [0.4, 0.5) is 11.4 Å². The number of ether oxygens (including phenoxy) is 1. The number of nitrogens with zero attached hydrogens (tertiary/aromatic N) is 1. The molecule has 6 nitrogen and oxygen atoms in total. The van der Waals surface area contributed by atoms with Gasteiger partial charge in [-0.15, -0.1) is 0 Å². The summed E-state index contributed by atoms with van der Waals surface area (Å²) in [6, 6.07) is 6.46. The van der Waals surface area contributed by atoms with Crippen molar-refractivity contribution in [2.45, 2.75) is 50.7 Å². The van der Waals surface area contributed by atoms with Gasteiger partial charge in [0.25, 0.3) is 5.69 Å². The Morgan fingerprint density at radius 2 is 2.05 bits per heavy atom. The van der Waals surface area contributed by atoms with Gasteiger partial charge in [0.1, 0.15) is 5.75 Å². The van der Waals surface area contributed by atoms with Crippen LogP contribution in [-0.4, -0.2) is 29.7 Å². The first-order chi connectivity index (χ1) is 10.1. The zero-order valence-electron chi connectivity index (χ0n) is 12.2. The number of piperidine rings is 1. The van der Waals surface area contributed by atoms with Crippen LogP contribution in [0.2, 0.25) is 0 Å². The van der Waals surface area contributed by atoms with Crippen molar-refractivity contribution >= 4 is 11.4 Å². The normalized spacial score (nSPS) is 27.4. The molecule has 1 aromatic carbocycles. The van der Waals surface area contributed by atoms with E-state index in [9.17, 15) is 10.1 Å². The fraction of sp³-hybridized carbons (Fsp3) is 0.600. The molecule has 1 aromatic rings. The molecular formula is C15H21N3O3. The first-order valence-electron chi connectivity index (χ1n) is 7.59. The van der Waals surface area contributed by atoms with Crippen LogP contribution < -0.4 is 15.4 Å². The Kier molecular flexibility index (Phi) is 3.96. The number of hydrogen-bond donors (Lipinski definition) is 2. The maximum atomic E-state index is 11.0. The van der Waals surface area contributed by atoms with Gasteiger partial charge in [-0.05, 0) is 32.6 Å². The van der Waals surface area contributed by atoms with Crippen LogP contribution in [0.3, 0.4) is 0 Å². The monoisotopic (exact) mass is 291 g/mol. The van der Waals surface area contributed by atoms with Gasteiger partial charge in [0.2, 0.25) is 0 Å². The molecule has 0 amide bonds. The van der Waals surface area contributed by atoms with E-state index in [2.05, 4.69) is 10.6 Å². The molecule has 2 unspecified atom stereocenters.